The van der Waals surface area contributed by atoms with Crippen molar-refractivity contribution in [3.05, 3.63) is 18.0 Å². The minimum absolute atomic E-state index is 0.286. The number of aliphatic imine (C=N–C) groups is 1. The largest absolute Gasteiger partial charge is 0.376 e. The summed E-state index contributed by atoms with van der Waals surface area (Å²) in [6.45, 7) is 9.90. The summed E-state index contributed by atoms with van der Waals surface area (Å²) in [6, 6.07) is 0.286. The second kappa shape index (κ2) is 9.55. The number of nitrogens with zero attached hydrogens (tertiary/aromatic N) is 3. The Morgan fingerprint density at radius 2 is 2.43 bits per heavy atom. The van der Waals surface area contributed by atoms with Gasteiger partial charge in [-0.2, -0.15) is 5.10 Å². The molecule has 2 rings (SSSR count). The molecular weight excluding hydrogens is 290 g/mol. The van der Waals surface area contributed by atoms with Crippen molar-refractivity contribution >= 4 is 5.96 Å². The molecule has 2 heterocycles. The molecular formula is C17H31N5O. The van der Waals surface area contributed by atoms with Crippen molar-refractivity contribution in [1.82, 2.24) is 20.4 Å². The number of hydrogen-bond acceptors (Lipinski definition) is 3. The van der Waals surface area contributed by atoms with Crippen molar-refractivity contribution in [3.8, 4) is 0 Å². The molecule has 2 unspecified atom stereocenters. The molecule has 23 heavy (non-hydrogen) atoms. The van der Waals surface area contributed by atoms with Crippen LogP contribution in [0.1, 0.15) is 45.1 Å². The van der Waals surface area contributed by atoms with Crippen LogP contribution in [0.25, 0.3) is 0 Å². The van der Waals surface area contributed by atoms with Crippen molar-refractivity contribution in [2.45, 2.75) is 65.1 Å². The standard InChI is InChI=1S/C17H31N5O/c1-4-8-18-17(21-15(3)16-7-5-11-23-16)19-9-6-10-22-13-14(2)12-20-22/h12-13,15-16H,4-11H2,1-3H3,(H2,18,19,21). The SMILES string of the molecule is CCCN=C(NCCCn1cc(C)cn1)NC(C)C1CCCO1. The molecule has 1 aromatic heterocycles. The molecule has 1 aromatic rings. The zero-order valence-corrected chi connectivity index (χ0v) is 14.7. The van der Waals surface area contributed by atoms with Crippen LogP contribution in [0.3, 0.4) is 0 Å². The van der Waals surface area contributed by atoms with E-state index >= 15 is 0 Å². The summed E-state index contributed by atoms with van der Waals surface area (Å²) in [5.41, 5.74) is 1.20. The maximum absolute atomic E-state index is 5.75. The summed E-state index contributed by atoms with van der Waals surface area (Å²) in [4.78, 5) is 4.62. The van der Waals surface area contributed by atoms with Gasteiger partial charge in [0.05, 0.1) is 18.3 Å². The summed E-state index contributed by atoms with van der Waals surface area (Å²) < 4.78 is 7.74. The van der Waals surface area contributed by atoms with Gasteiger partial charge in [-0.15, -0.1) is 0 Å². The van der Waals surface area contributed by atoms with Crippen molar-refractivity contribution in [2.75, 3.05) is 19.7 Å². The molecule has 0 aliphatic carbocycles. The van der Waals surface area contributed by atoms with E-state index in [0.29, 0.717) is 6.10 Å². The van der Waals surface area contributed by atoms with E-state index in [-0.39, 0.29) is 6.04 Å². The topological polar surface area (TPSA) is 63.5 Å². The fraction of sp³-hybridized carbons (Fsp3) is 0.765. The number of ether oxygens (including phenoxy) is 1. The van der Waals surface area contributed by atoms with Gasteiger partial charge in [0.25, 0.3) is 0 Å². The van der Waals surface area contributed by atoms with Crippen LogP contribution in [0.4, 0.5) is 0 Å². The van der Waals surface area contributed by atoms with E-state index in [4.69, 9.17) is 4.74 Å². The monoisotopic (exact) mass is 321 g/mol. The summed E-state index contributed by atoms with van der Waals surface area (Å²) >= 11 is 0. The van der Waals surface area contributed by atoms with E-state index in [9.17, 15) is 0 Å². The zero-order chi connectivity index (χ0) is 16.5. The van der Waals surface area contributed by atoms with Crippen LogP contribution in [0.5, 0.6) is 0 Å². The highest BCUT2D eigenvalue weighted by molar-refractivity contribution is 5.80. The molecule has 0 saturated carbocycles. The molecule has 0 spiro atoms. The van der Waals surface area contributed by atoms with E-state index in [2.05, 4.69) is 47.7 Å². The Morgan fingerprint density at radius 1 is 1.57 bits per heavy atom. The third-order valence-electron chi connectivity index (χ3n) is 4.00. The van der Waals surface area contributed by atoms with Gasteiger partial charge in [0.2, 0.25) is 0 Å². The predicted octanol–water partition coefficient (Wildman–Crippen LogP) is 2.09. The van der Waals surface area contributed by atoms with Crippen LogP contribution < -0.4 is 10.6 Å². The van der Waals surface area contributed by atoms with Crippen molar-refractivity contribution < 1.29 is 4.74 Å². The number of hydrogen-bond donors (Lipinski definition) is 2. The quantitative estimate of drug-likeness (QED) is 0.437. The Morgan fingerprint density at radius 3 is 3.09 bits per heavy atom. The van der Waals surface area contributed by atoms with Gasteiger partial charge < -0.3 is 15.4 Å². The molecule has 1 aliphatic heterocycles. The Balaban J connectivity index is 1.73. The first-order valence-electron chi connectivity index (χ1n) is 8.84. The highest BCUT2D eigenvalue weighted by Crippen LogP contribution is 2.15. The van der Waals surface area contributed by atoms with Gasteiger partial charge in [0, 0.05) is 32.4 Å². The molecule has 130 valence electrons. The van der Waals surface area contributed by atoms with Gasteiger partial charge >= 0.3 is 0 Å². The Kier molecular flexibility index (Phi) is 7.39. The van der Waals surface area contributed by atoms with Crippen LogP contribution in [-0.2, 0) is 11.3 Å². The zero-order valence-electron chi connectivity index (χ0n) is 14.7. The van der Waals surface area contributed by atoms with E-state index in [1.54, 1.807) is 0 Å². The molecule has 2 atom stereocenters. The molecule has 0 bridgehead atoms. The van der Waals surface area contributed by atoms with E-state index < -0.39 is 0 Å². The third kappa shape index (κ3) is 6.22. The lowest BCUT2D eigenvalue weighted by Crippen LogP contribution is -2.47. The van der Waals surface area contributed by atoms with E-state index in [1.165, 1.54) is 5.56 Å². The first-order chi connectivity index (χ1) is 11.2. The van der Waals surface area contributed by atoms with Crippen molar-refractivity contribution in [3.63, 3.8) is 0 Å². The first kappa shape index (κ1) is 17.8. The summed E-state index contributed by atoms with van der Waals surface area (Å²) in [7, 11) is 0. The average molecular weight is 321 g/mol. The van der Waals surface area contributed by atoms with Crippen LogP contribution in [0.15, 0.2) is 17.4 Å². The molecule has 0 radical (unpaired) electrons. The highest BCUT2D eigenvalue weighted by atomic mass is 16.5. The Labute approximate surface area is 139 Å². The number of nitrogens with one attached hydrogen (secondary N) is 2. The normalized spacial score (nSPS) is 19.8. The lowest BCUT2D eigenvalue weighted by Gasteiger charge is -2.22. The molecule has 0 aromatic carbocycles. The third-order valence-corrected chi connectivity index (χ3v) is 4.00. The summed E-state index contributed by atoms with van der Waals surface area (Å²) in [5, 5.41) is 11.2. The second-order valence-corrected chi connectivity index (χ2v) is 6.28. The van der Waals surface area contributed by atoms with Gasteiger partial charge in [0.1, 0.15) is 0 Å². The predicted molar refractivity (Wildman–Crippen MR) is 93.7 cm³/mol. The van der Waals surface area contributed by atoms with Gasteiger partial charge in [0.15, 0.2) is 5.96 Å². The van der Waals surface area contributed by atoms with Crippen LogP contribution in [-0.4, -0.2) is 47.6 Å². The van der Waals surface area contributed by atoms with E-state index in [1.807, 2.05) is 10.9 Å². The van der Waals surface area contributed by atoms with Gasteiger partial charge in [-0.3, -0.25) is 9.67 Å². The van der Waals surface area contributed by atoms with Crippen molar-refractivity contribution in [2.24, 2.45) is 4.99 Å². The van der Waals surface area contributed by atoms with Crippen molar-refractivity contribution in [1.29, 1.82) is 0 Å². The molecule has 6 heteroatoms. The van der Waals surface area contributed by atoms with Gasteiger partial charge in [-0.05, 0) is 45.1 Å². The number of guanidine groups is 1. The van der Waals surface area contributed by atoms with E-state index in [0.717, 1.165) is 57.9 Å². The smallest absolute Gasteiger partial charge is 0.191 e. The molecule has 6 nitrogen and oxygen atoms in total. The molecule has 0 amide bonds. The van der Waals surface area contributed by atoms with Crippen LogP contribution in [0, 0.1) is 6.92 Å². The fourth-order valence-corrected chi connectivity index (χ4v) is 2.72. The van der Waals surface area contributed by atoms with Crippen LogP contribution in [0.2, 0.25) is 0 Å². The number of rotatable bonds is 8. The fourth-order valence-electron chi connectivity index (χ4n) is 2.72. The minimum Gasteiger partial charge on any atom is -0.376 e. The summed E-state index contributed by atoms with van der Waals surface area (Å²) in [6.07, 6.45) is 8.63. The number of aromatic nitrogens is 2. The van der Waals surface area contributed by atoms with Gasteiger partial charge in [-0.1, -0.05) is 6.92 Å². The summed E-state index contributed by atoms with van der Waals surface area (Å²) in [5.74, 6) is 0.895. The lowest BCUT2D eigenvalue weighted by atomic mass is 10.1. The maximum Gasteiger partial charge on any atom is 0.191 e. The molecule has 1 fully saturated rings. The molecule has 1 saturated heterocycles. The molecule has 2 N–H and O–H groups in total. The van der Waals surface area contributed by atoms with Gasteiger partial charge in [-0.25, -0.2) is 0 Å². The molecule has 1 aliphatic rings. The Hall–Kier alpha value is -1.56. The second-order valence-electron chi connectivity index (χ2n) is 6.28. The van der Waals surface area contributed by atoms with Crippen LogP contribution >= 0.6 is 0 Å². The average Bonchev–Trinajstić information content (AvgIpc) is 3.20. The first-order valence-corrected chi connectivity index (χ1v) is 8.84. The number of aryl methyl sites for hydroxylation is 2. The lowest BCUT2D eigenvalue weighted by molar-refractivity contribution is 0.0890. The maximum atomic E-state index is 5.75. The minimum atomic E-state index is 0.286. The highest BCUT2D eigenvalue weighted by Gasteiger charge is 2.22. The Bertz CT molecular complexity index is 479.